The van der Waals surface area contributed by atoms with Crippen LogP contribution in [0.3, 0.4) is 0 Å². The van der Waals surface area contributed by atoms with Gasteiger partial charge in [0.2, 0.25) is 5.78 Å². The minimum Gasteiger partial charge on any atom is -0.457 e. The molecular formula is C24H21NO3. The summed E-state index contributed by atoms with van der Waals surface area (Å²) in [6.45, 7) is 1.82. The smallest absolute Gasteiger partial charge is 0.310 e. The fourth-order valence-electron chi connectivity index (χ4n) is 3.62. The van der Waals surface area contributed by atoms with Crippen LogP contribution in [-0.2, 0) is 22.4 Å². The third-order valence-electron chi connectivity index (χ3n) is 5.06. The van der Waals surface area contributed by atoms with Crippen LogP contribution in [0.4, 0.5) is 0 Å². The third kappa shape index (κ3) is 3.41. The number of ether oxygens (including phenoxy) is 1. The molecule has 0 saturated heterocycles. The molecule has 4 nitrogen and oxygen atoms in total. The van der Waals surface area contributed by atoms with E-state index < -0.39 is 5.97 Å². The van der Waals surface area contributed by atoms with E-state index in [1.807, 2.05) is 60.7 Å². The molecule has 0 aliphatic carbocycles. The first kappa shape index (κ1) is 18.0. The van der Waals surface area contributed by atoms with Crippen LogP contribution in [0.2, 0.25) is 0 Å². The fourth-order valence-corrected chi connectivity index (χ4v) is 3.62. The van der Waals surface area contributed by atoms with E-state index in [4.69, 9.17) is 4.74 Å². The number of fused-ring (bicyclic) bond motifs is 2. The lowest BCUT2D eigenvalue weighted by molar-refractivity contribution is -0.141. The number of hydrogen-bond acceptors (Lipinski definition) is 3. The molecule has 4 aromatic rings. The number of H-pyrrole nitrogens is 1. The van der Waals surface area contributed by atoms with Gasteiger partial charge in [0.05, 0.1) is 6.42 Å². The first-order valence-electron chi connectivity index (χ1n) is 9.42. The largest absolute Gasteiger partial charge is 0.457 e. The zero-order valence-corrected chi connectivity index (χ0v) is 15.7. The van der Waals surface area contributed by atoms with E-state index in [2.05, 4.69) is 11.9 Å². The summed E-state index contributed by atoms with van der Waals surface area (Å²) in [4.78, 5) is 28.1. The van der Waals surface area contributed by atoms with Crippen molar-refractivity contribution in [2.45, 2.75) is 19.8 Å². The molecule has 1 heterocycles. The zero-order chi connectivity index (χ0) is 19.5. The third-order valence-corrected chi connectivity index (χ3v) is 5.06. The normalized spacial score (nSPS) is 11.0. The number of ketones is 1. The highest BCUT2D eigenvalue weighted by Crippen LogP contribution is 2.23. The van der Waals surface area contributed by atoms with E-state index >= 15 is 0 Å². The van der Waals surface area contributed by atoms with E-state index in [0.29, 0.717) is 5.56 Å². The first-order chi connectivity index (χ1) is 13.7. The van der Waals surface area contributed by atoms with Crippen LogP contribution in [0.25, 0.3) is 21.7 Å². The highest BCUT2D eigenvalue weighted by molar-refractivity contribution is 6.09. The van der Waals surface area contributed by atoms with Crippen LogP contribution in [0.15, 0.2) is 66.9 Å². The quantitative estimate of drug-likeness (QED) is 0.389. The number of aromatic nitrogens is 1. The molecule has 0 aliphatic heterocycles. The van der Waals surface area contributed by atoms with Gasteiger partial charge in [0.25, 0.3) is 0 Å². The Labute approximate surface area is 163 Å². The van der Waals surface area contributed by atoms with Gasteiger partial charge in [-0.2, -0.15) is 0 Å². The molecular weight excluding hydrogens is 350 g/mol. The van der Waals surface area contributed by atoms with E-state index in [-0.39, 0.29) is 18.8 Å². The summed E-state index contributed by atoms with van der Waals surface area (Å²) < 4.78 is 5.28. The second-order valence-corrected chi connectivity index (χ2v) is 6.79. The van der Waals surface area contributed by atoms with E-state index in [1.165, 1.54) is 0 Å². The Morgan fingerprint density at radius 3 is 2.46 bits per heavy atom. The van der Waals surface area contributed by atoms with Crippen LogP contribution in [0, 0.1) is 0 Å². The molecule has 0 atom stereocenters. The molecule has 28 heavy (non-hydrogen) atoms. The standard InChI is InChI=1S/C24H21NO3/c1-2-16-8-6-12-20-21(14-25-24(16)20)22(26)15-28-23(27)13-18-10-5-9-17-7-3-4-11-19(17)18/h3-12,14,25H,2,13,15H2,1H3. The predicted octanol–water partition coefficient (Wildman–Crippen LogP) is 4.85. The molecule has 0 saturated carbocycles. The van der Waals surface area contributed by atoms with Gasteiger partial charge in [0, 0.05) is 22.7 Å². The molecule has 4 rings (SSSR count). The number of aromatic amines is 1. The number of aryl methyl sites for hydroxylation is 1. The second kappa shape index (κ2) is 7.69. The summed E-state index contributed by atoms with van der Waals surface area (Å²) in [7, 11) is 0. The monoisotopic (exact) mass is 371 g/mol. The molecule has 0 bridgehead atoms. The molecule has 1 N–H and O–H groups in total. The Hall–Kier alpha value is -3.40. The molecule has 0 amide bonds. The van der Waals surface area contributed by atoms with E-state index in [1.54, 1.807) is 6.20 Å². The lowest BCUT2D eigenvalue weighted by atomic mass is 10.0. The van der Waals surface area contributed by atoms with Crippen molar-refractivity contribution in [1.29, 1.82) is 0 Å². The summed E-state index contributed by atoms with van der Waals surface area (Å²) in [5, 5.41) is 2.97. The van der Waals surface area contributed by atoms with Crippen LogP contribution in [0.1, 0.15) is 28.4 Å². The Balaban J connectivity index is 1.46. The second-order valence-electron chi connectivity index (χ2n) is 6.79. The lowest BCUT2D eigenvalue weighted by Gasteiger charge is -2.07. The predicted molar refractivity (Wildman–Crippen MR) is 111 cm³/mol. The van der Waals surface area contributed by atoms with Gasteiger partial charge in [-0.3, -0.25) is 9.59 Å². The summed E-state index contributed by atoms with van der Waals surface area (Å²) in [6.07, 6.45) is 2.72. The van der Waals surface area contributed by atoms with Crippen molar-refractivity contribution in [2.24, 2.45) is 0 Å². The minimum absolute atomic E-state index is 0.141. The zero-order valence-electron chi connectivity index (χ0n) is 15.7. The molecule has 4 heteroatoms. The van der Waals surface area contributed by atoms with Crippen LogP contribution in [-0.4, -0.2) is 23.3 Å². The molecule has 0 radical (unpaired) electrons. The number of benzene rings is 3. The average molecular weight is 371 g/mol. The maximum atomic E-state index is 12.6. The van der Waals surface area contributed by atoms with Crippen molar-refractivity contribution >= 4 is 33.4 Å². The van der Waals surface area contributed by atoms with Gasteiger partial charge in [-0.25, -0.2) is 0 Å². The van der Waals surface area contributed by atoms with Gasteiger partial charge in [-0.1, -0.05) is 67.6 Å². The number of hydrogen-bond donors (Lipinski definition) is 1. The van der Waals surface area contributed by atoms with Crippen molar-refractivity contribution in [3.8, 4) is 0 Å². The number of carbonyl (C=O) groups excluding carboxylic acids is 2. The number of nitrogens with one attached hydrogen (secondary N) is 1. The maximum Gasteiger partial charge on any atom is 0.310 e. The van der Waals surface area contributed by atoms with E-state index in [0.717, 1.165) is 39.2 Å². The molecule has 0 fully saturated rings. The average Bonchev–Trinajstić information content (AvgIpc) is 3.16. The number of esters is 1. The Bertz CT molecular complexity index is 1170. The van der Waals surface area contributed by atoms with Gasteiger partial charge < -0.3 is 9.72 Å². The number of rotatable bonds is 6. The van der Waals surface area contributed by atoms with Gasteiger partial charge in [0.1, 0.15) is 0 Å². The number of carbonyl (C=O) groups is 2. The number of para-hydroxylation sites is 1. The van der Waals surface area contributed by atoms with Crippen molar-refractivity contribution in [1.82, 2.24) is 4.98 Å². The molecule has 3 aromatic carbocycles. The summed E-state index contributed by atoms with van der Waals surface area (Å²) in [6, 6.07) is 19.7. The summed E-state index contributed by atoms with van der Waals surface area (Å²) in [5.74, 6) is -0.607. The topological polar surface area (TPSA) is 59.2 Å². The van der Waals surface area contributed by atoms with Crippen LogP contribution >= 0.6 is 0 Å². The van der Waals surface area contributed by atoms with Crippen LogP contribution in [0.5, 0.6) is 0 Å². The van der Waals surface area contributed by atoms with Crippen molar-refractivity contribution in [2.75, 3.05) is 6.61 Å². The maximum absolute atomic E-state index is 12.6. The Kier molecular flexibility index (Phi) is 4.94. The Morgan fingerprint density at radius 2 is 1.61 bits per heavy atom. The molecule has 140 valence electrons. The molecule has 0 spiro atoms. The van der Waals surface area contributed by atoms with Gasteiger partial charge >= 0.3 is 5.97 Å². The molecule has 1 aromatic heterocycles. The van der Waals surface area contributed by atoms with E-state index in [9.17, 15) is 9.59 Å². The fraction of sp³-hybridized carbons (Fsp3) is 0.167. The van der Waals surface area contributed by atoms with Crippen molar-refractivity contribution < 1.29 is 14.3 Å². The van der Waals surface area contributed by atoms with Gasteiger partial charge in [0.15, 0.2) is 6.61 Å². The first-order valence-corrected chi connectivity index (χ1v) is 9.42. The summed E-state index contributed by atoms with van der Waals surface area (Å²) in [5.41, 5.74) is 3.58. The minimum atomic E-state index is -0.404. The highest BCUT2D eigenvalue weighted by Gasteiger charge is 2.16. The van der Waals surface area contributed by atoms with Crippen molar-refractivity contribution in [3.63, 3.8) is 0 Å². The van der Waals surface area contributed by atoms with Crippen LogP contribution < -0.4 is 0 Å². The lowest BCUT2D eigenvalue weighted by Crippen LogP contribution is -2.15. The molecule has 0 unspecified atom stereocenters. The Morgan fingerprint density at radius 1 is 0.893 bits per heavy atom. The van der Waals surface area contributed by atoms with Crippen molar-refractivity contribution in [3.05, 3.63) is 83.6 Å². The van der Waals surface area contributed by atoms with Gasteiger partial charge in [-0.05, 0) is 28.3 Å². The highest BCUT2D eigenvalue weighted by atomic mass is 16.5. The number of Topliss-reactive ketones (excluding diaryl/α,β-unsaturated/α-hetero) is 1. The SMILES string of the molecule is CCc1cccc2c(C(=O)COC(=O)Cc3cccc4ccccc34)c[nH]c12. The van der Waals surface area contributed by atoms with Gasteiger partial charge in [-0.15, -0.1) is 0 Å². The molecule has 0 aliphatic rings. The summed E-state index contributed by atoms with van der Waals surface area (Å²) >= 11 is 0.